The molecule has 5 rings (SSSR count). The van der Waals surface area contributed by atoms with Gasteiger partial charge in [-0.3, -0.25) is 14.2 Å². The summed E-state index contributed by atoms with van der Waals surface area (Å²) in [7, 11) is 0. The lowest BCUT2D eigenvalue weighted by Gasteiger charge is -2.16. The molecule has 0 unspecified atom stereocenters. The second kappa shape index (κ2) is 10.3. The highest BCUT2D eigenvalue weighted by atomic mass is 35.5. The van der Waals surface area contributed by atoms with Crippen molar-refractivity contribution in [1.29, 1.82) is 0 Å². The summed E-state index contributed by atoms with van der Waals surface area (Å²) in [5.41, 5.74) is 3.50. The molecule has 0 atom stereocenters. The maximum atomic E-state index is 13.9. The minimum Gasteiger partial charge on any atom is -0.351 e. The quantitative estimate of drug-likeness (QED) is 0.227. The third-order valence-corrected chi connectivity index (χ3v) is 8.96. The molecule has 2 aromatic heterocycles. The van der Waals surface area contributed by atoms with Crippen molar-refractivity contribution in [2.75, 3.05) is 5.75 Å². The molecule has 0 aliphatic heterocycles. The molecule has 1 aliphatic carbocycles. The Labute approximate surface area is 221 Å². The summed E-state index contributed by atoms with van der Waals surface area (Å²) >= 11 is 15.2. The van der Waals surface area contributed by atoms with Crippen molar-refractivity contribution in [1.82, 2.24) is 14.9 Å². The Hall–Kier alpha value is -2.32. The topological polar surface area (TPSA) is 64.0 Å². The van der Waals surface area contributed by atoms with Gasteiger partial charge in [-0.05, 0) is 73.6 Å². The number of benzene rings is 2. The lowest BCUT2D eigenvalue weighted by Crippen LogP contribution is -2.26. The number of hydrogen-bond acceptors (Lipinski definition) is 5. The van der Waals surface area contributed by atoms with Crippen LogP contribution in [0.4, 0.5) is 0 Å². The van der Waals surface area contributed by atoms with Gasteiger partial charge in [0.15, 0.2) is 5.16 Å². The van der Waals surface area contributed by atoms with E-state index in [0.29, 0.717) is 32.8 Å². The smallest absolute Gasteiger partial charge is 0.267 e. The molecule has 9 heteroatoms. The zero-order chi connectivity index (χ0) is 24.5. The number of aryl methyl sites for hydroxylation is 2. The lowest BCUT2D eigenvalue weighted by atomic mass is 9.97. The van der Waals surface area contributed by atoms with E-state index in [9.17, 15) is 9.59 Å². The molecule has 0 bridgehead atoms. The SMILES string of the molecule is Cc1c(Cl)cccc1-n1c(SCC(=O)NCc2ccc(Cl)cc2)nc2sc3c(c2c1=O)CCCC3. The van der Waals surface area contributed by atoms with Gasteiger partial charge in [-0.15, -0.1) is 11.3 Å². The van der Waals surface area contributed by atoms with E-state index in [2.05, 4.69) is 5.32 Å². The minimum atomic E-state index is -0.140. The molecule has 1 N–H and O–H groups in total. The fourth-order valence-electron chi connectivity index (χ4n) is 4.32. The van der Waals surface area contributed by atoms with Crippen molar-refractivity contribution < 1.29 is 4.79 Å². The molecule has 5 nitrogen and oxygen atoms in total. The Morgan fingerprint density at radius 1 is 1.14 bits per heavy atom. The van der Waals surface area contributed by atoms with Crippen LogP contribution in [0.1, 0.15) is 34.4 Å². The van der Waals surface area contributed by atoms with Crippen LogP contribution in [0.3, 0.4) is 0 Å². The van der Waals surface area contributed by atoms with Gasteiger partial charge in [0.2, 0.25) is 5.91 Å². The number of carbonyl (C=O) groups is 1. The van der Waals surface area contributed by atoms with Gasteiger partial charge in [-0.2, -0.15) is 0 Å². The maximum absolute atomic E-state index is 13.9. The van der Waals surface area contributed by atoms with Crippen LogP contribution in [0, 0.1) is 6.92 Å². The van der Waals surface area contributed by atoms with E-state index in [1.165, 1.54) is 16.6 Å². The molecule has 0 radical (unpaired) electrons. The normalized spacial score (nSPS) is 13.1. The summed E-state index contributed by atoms with van der Waals surface area (Å²) in [6, 6.07) is 12.9. The molecular formula is C26H23Cl2N3O2S2. The van der Waals surface area contributed by atoms with Crippen LogP contribution in [-0.4, -0.2) is 21.2 Å². The minimum absolute atomic E-state index is 0.0937. The maximum Gasteiger partial charge on any atom is 0.267 e. The van der Waals surface area contributed by atoms with Crippen LogP contribution in [-0.2, 0) is 24.2 Å². The van der Waals surface area contributed by atoms with Gasteiger partial charge >= 0.3 is 0 Å². The number of amides is 1. The summed E-state index contributed by atoms with van der Waals surface area (Å²) in [5, 5.41) is 5.36. The van der Waals surface area contributed by atoms with Crippen LogP contribution in [0.25, 0.3) is 15.9 Å². The van der Waals surface area contributed by atoms with Crippen molar-refractivity contribution in [3.8, 4) is 5.69 Å². The number of nitrogens with one attached hydrogen (secondary N) is 1. The van der Waals surface area contributed by atoms with E-state index in [4.69, 9.17) is 28.2 Å². The third-order valence-electron chi connectivity index (χ3n) is 6.17. The Morgan fingerprint density at radius 3 is 2.71 bits per heavy atom. The largest absolute Gasteiger partial charge is 0.351 e. The predicted molar refractivity (Wildman–Crippen MR) is 146 cm³/mol. The molecule has 1 amide bonds. The van der Waals surface area contributed by atoms with Gasteiger partial charge in [-0.1, -0.05) is 53.2 Å². The molecule has 0 fully saturated rings. The van der Waals surface area contributed by atoms with E-state index in [1.807, 2.05) is 31.2 Å². The first-order chi connectivity index (χ1) is 16.9. The molecule has 35 heavy (non-hydrogen) atoms. The van der Waals surface area contributed by atoms with Crippen LogP contribution in [0.15, 0.2) is 52.4 Å². The molecule has 0 saturated heterocycles. The van der Waals surface area contributed by atoms with Gasteiger partial charge < -0.3 is 5.32 Å². The molecule has 2 heterocycles. The average molecular weight is 545 g/mol. The van der Waals surface area contributed by atoms with Crippen LogP contribution < -0.4 is 10.9 Å². The second-order valence-corrected chi connectivity index (χ2v) is 11.4. The second-order valence-electron chi connectivity index (χ2n) is 8.50. The summed E-state index contributed by atoms with van der Waals surface area (Å²) in [6.07, 6.45) is 4.11. The summed E-state index contributed by atoms with van der Waals surface area (Å²) in [6.45, 7) is 2.30. The molecule has 2 aromatic carbocycles. The fourth-order valence-corrected chi connectivity index (χ4v) is 6.75. The predicted octanol–water partition coefficient (Wildman–Crippen LogP) is 6.35. The Bertz CT molecular complexity index is 1480. The van der Waals surface area contributed by atoms with E-state index in [0.717, 1.165) is 47.2 Å². The van der Waals surface area contributed by atoms with E-state index in [-0.39, 0.29) is 17.2 Å². The standard InChI is InChI=1S/C26H23Cl2N3O2S2/c1-15-19(28)6-4-7-20(15)31-25(33)23-18-5-2-3-8-21(18)35-24(23)30-26(31)34-14-22(32)29-13-16-9-11-17(27)12-10-16/h4,6-7,9-12H,2-3,5,8,13-14H2,1H3,(H,29,32). The van der Waals surface area contributed by atoms with Gasteiger partial charge in [0, 0.05) is 21.5 Å². The van der Waals surface area contributed by atoms with Gasteiger partial charge in [0.25, 0.3) is 5.56 Å². The highest BCUT2D eigenvalue weighted by Gasteiger charge is 2.24. The number of thiophene rings is 1. The summed E-state index contributed by atoms with van der Waals surface area (Å²) in [5.74, 6) is -0.00453. The molecule has 0 saturated carbocycles. The van der Waals surface area contributed by atoms with E-state index >= 15 is 0 Å². The lowest BCUT2D eigenvalue weighted by molar-refractivity contribution is -0.118. The molecule has 4 aromatic rings. The van der Waals surface area contributed by atoms with Crippen molar-refractivity contribution in [2.45, 2.75) is 44.3 Å². The van der Waals surface area contributed by atoms with Crippen molar-refractivity contribution in [3.05, 3.63) is 84.4 Å². The van der Waals surface area contributed by atoms with E-state index in [1.54, 1.807) is 34.1 Å². The average Bonchev–Trinajstić information content (AvgIpc) is 3.23. The summed E-state index contributed by atoms with van der Waals surface area (Å²) < 4.78 is 1.63. The molecule has 0 spiro atoms. The monoisotopic (exact) mass is 543 g/mol. The van der Waals surface area contributed by atoms with Crippen molar-refractivity contribution in [3.63, 3.8) is 0 Å². The first-order valence-electron chi connectivity index (χ1n) is 11.4. The van der Waals surface area contributed by atoms with Gasteiger partial charge in [0.05, 0.1) is 16.8 Å². The number of thioether (sulfide) groups is 1. The number of hydrogen-bond donors (Lipinski definition) is 1. The molecule has 1 aliphatic rings. The first-order valence-corrected chi connectivity index (χ1v) is 13.9. The number of halogens is 2. The van der Waals surface area contributed by atoms with Crippen molar-refractivity contribution in [2.24, 2.45) is 0 Å². The first kappa shape index (κ1) is 24.4. The van der Waals surface area contributed by atoms with Crippen LogP contribution in [0.5, 0.6) is 0 Å². The van der Waals surface area contributed by atoms with E-state index < -0.39 is 0 Å². The number of nitrogens with zero attached hydrogens (tertiary/aromatic N) is 2. The molecular weight excluding hydrogens is 521 g/mol. The van der Waals surface area contributed by atoms with Gasteiger partial charge in [0.1, 0.15) is 4.83 Å². The van der Waals surface area contributed by atoms with Crippen LogP contribution >= 0.6 is 46.3 Å². The number of fused-ring (bicyclic) bond motifs is 3. The zero-order valence-electron chi connectivity index (χ0n) is 19.1. The summed E-state index contributed by atoms with van der Waals surface area (Å²) in [4.78, 5) is 33.4. The zero-order valence-corrected chi connectivity index (χ0v) is 22.2. The Kier molecular flexibility index (Phi) is 7.21. The Morgan fingerprint density at radius 2 is 1.91 bits per heavy atom. The number of rotatable bonds is 6. The van der Waals surface area contributed by atoms with Gasteiger partial charge in [-0.25, -0.2) is 4.98 Å². The fraction of sp³-hybridized carbons (Fsp3) is 0.269. The van der Waals surface area contributed by atoms with Crippen molar-refractivity contribution >= 4 is 62.4 Å². The number of carbonyl (C=O) groups excluding carboxylic acids is 1. The molecule has 180 valence electrons. The highest BCUT2D eigenvalue weighted by molar-refractivity contribution is 7.99. The van der Waals surface area contributed by atoms with Crippen LogP contribution in [0.2, 0.25) is 10.0 Å². The third kappa shape index (κ3) is 5.00. The number of aromatic nitrogens is 2. The highest BCUT2D eigenvalue weighted by Crippen LogP contribution is 2.35. The Balaban J connectivity index is 1.48.